The van der Waals surface area contributed by atoms with E-state index in [0.29, 0.717) is 16.7 Å². The SMILES string of the molecule is CCCCN(CCCC)CCCNC(=O)CC[C@@H](C)[C@H]1CC[C@H]2[C@@H]3CCC4CCCC[C@]4(C)[C@H]3CC[C@]12C. The molecule has 1 N–H and O–H groups in total. The van der Waals surface area contributed by atoms with Crippen LogP contribution in [0, 0.1) is 46.3 Å². The minimum Gasteiger partial charge on any atom is -0.356 e. The van der Waals surface area contributed by atoms with Crippen molar-refractivity contribution in [3.8, 4) is 0 Å². The summed E-state index contributed by atoms with van der Waals surface area (Å²) in [7, 11) is 0. The van der Waals surface area contributed by atoms with Gasteiger partial charge in [0, 0.05) is 13.0 Å². The van der Waals surface area contributed by atoms with E-state index in [2.05, 4.69) is 44.8 Å². The highest BCUT2D eigenvalue weighted by molar-refractivity contribution is 5.75. The van der Waals surface area contributed by atoms with Crippen LogP contribution in [0.2, 0.25) is 0 Å². The average molecular weight is 529 g/mol. The Morgan fingerprint density at radius 1 is 0.842 bits per heavy atom. The van der Waals surface area contributed by atoms with Crippen molar-refractivity contribution in [2.45, 2.75) is 144 Å². The van der Waals surface area contributed by atoms with Gasteiger partial charge in [-0.05, 0) is 143 Å². The van der Waals surface area contributed by atoms with Gasteiger partial charge in [-0.2, -0.15) is 0 Å². The van der Waals surface area contributed by atoms with Gasteiger partial charge in [-0.25, -0.2) is 0 Å². The molecule has 3 heteroatoms. The van der Waals surface area contributed by atoms with Crippen LogP contribution in [0.4, 0.5) is 0 Å². The number of unbranched alkanes of at least 4 members (excludes halogenated alkanes) is 2. The van der Waals surface area contributed by atoms with Crippen molar-refractivity contribution in [1.29, 1.82) is 0 Å². The Balaban J connectivity index is 1.21. The van der Waals surface area contributed by atoms with Gasteiger partial charge in [0.2, 0.25) is 5.91 Å². The number of hydrogen-bond acceptors (Lipinski definition) is 2. The summed E-state index contributed by atoms with van der Waals surface area (Å²) in [5, 5.41) is 3.26. The summed E-state index contributed by atoms with van der Waals surface area (Å²) in [4.78, 5) is 15.4. The first kappa shape index (κ1) is 30.4. The molecule has 0 aromatic heterocycles. The van der Waals surface area contributed by atoms with E-state index in [9.17, 15) is 4.79 Å². The first-order valence-electron chi connectivity index (χ1n) is 17.3. The molecule has 220 valence electrons. The number of amides is 1. The van der Waals surface area contributed by atoms with Crippen LogP contribution >= 0.6 is 0 Å². The molecule has 0 saturated heterocycles. The van der Waals surface area contributed by atoms with Gasteiger partial charge in [-0.1, -0.05) is 60.3 Å². The molecule has 0 aromatic carbocycles. The molecule has 0 spiro atoms. The second-order valence-corrected chi connectivity index (χ2v) is 14.9. The van der Waals surface area contributed by atoms with Crippen molar-refractivity contribution >= 4 is 5.91 Å². The van der Waals surface area contributed by atoms with Crippen molar-refractivity contribution in [3.05, 3.63) is 0 Å². The Hall–Kier alpha value is -0.570. The Morgan fingerprint density at radius 2 is 1.55 bits per heavy atom. The zero-order valence-electron chi connectivity index (χ0n) is 26.2. The van der Waals surface area contributed by atoms with E-state index in [1.54, 1.807) is 0 Å². The molecule has 0 aliphatic heterocycles. The molecular weight excluding hydrogens is 464 g/mol. The molecule has 3 nitrogen and oxygen atoms in total. The lowest BCUT2D eigenvalue weighted by atomic mass is 9.44. The van der Waals surface area contributed by atoms with Gasteiger partial charge in [0.25, 0.3) is 0 Å². The number of carbonyl (C=O) groups excluding carboxylic acids is 1. The zero-order valence-corrected chi connectivity index (χ0v) is 26.2. The maximum absolute atomic E-state index is 12.7. The number of nitrogens with zero attached hydrogens (tertiary/aromatic N) is 1. The van der Waals surface area contributed by atoms with Crippen LogP contribution in [0.1, 0.15) is 144 Å². The molecule has 0 aromatic rings. The van der Waals surface area contributed by atoms with Crippen LogP contribution < -0.4 is 5.32 Å². The van der Waals surface area contributed by atoms with Crippen molar-refractivity contribution < 1.29 is 4.79 Å². The smallest absolute Gasteiger partial charge is 0.220 e. The third kappa shape index (κ3) is 6.66. The normalized spacial score (nSPS) is 37.4. The molecule has 0 radical (unpaired) electrons. The molecule has 4 saturated carbocycles. The number of carbonyl (C=O) groups is 1. The summed E-state index contributed by atoms with van der Waals surface area (Å²) >= 11 is 0. The minimum absolute atomic E-state index is 0.289. The van der Waals surface area contributed by atoms with Crippen molar-refractivity contribution in [2.24, 2.45) is 46.3 Å². The quantitative estimate of drug-likeness (QED) is 0.228. The molecule has 1 amide bonds. The van der Waals surface area contributed by atoms with Crippen molar-refractivity contribution in [3.63, 3.8) is 0 Å². The second kappa shape index (κ2) is 13.9. The van der Waals surface area contributed by atoms with Crippen LogP contribution in [0.5, 0.6) is 0 Å². The number of hydrogen-bond donors (Lipinski definition) is 1. The van der Waals surface area contributed by atoms with Gasteiger partial charge in [-0.15, -0.1) is 0 Å². The van der Waals surface area contributed by atoms with Crippen molar-refractivity contribution in [1.82, 2.24) is 10.2 Å². The van der Waals surface area contributed by atoms with Gasteiger partial charge in [0.05, 0.1) is 0 Å². The largest absolute Gasteiger partial charge is 0.356 e. The fourth-order valence-corrected chi connectivity index (χ4v) is 10.5. The lowest BCUT2D eigenvalue weighted by Gasteiger charge is -2.61. The Bertz CT molecular complexity index is 729. The molecule has 8 atom stereocenters. The Kier molecular flexibility index (Phi) is 11.1. The van der Waals surface area contributed by atoms with Crippen LogP contribution in [0.25, 0.3) is 0 Å². The molecular formula is C35H64N2O. The monoisotopic (exact) mass is 529 g/mol. The van der Waals surface area contributed by atoms with Crippen LogP contribution in [-0.2, 0) is 4.79 Å². The average Bonchev–Trinajstić information content (AvgIpc) is 3.27. The summed E-state index contributed by atoms with van der Waals surface area (Å²) in [5.74, 6) is 5.74. The number of rotatable bonds is 14. The first-order valence-corrected chi connectivity index (χ1v) is 17.3. The van der Waals surface area contributed by atoms with E-state index in [-0.39, 0.29) is 5.91 Å². The molecule has 38 heavy (non-hydrogen) atoms. The van der Waals surface area contributed by atoms with Gasteiger partial charge < -0.3 is 10.2 Å². The van der Waals surface area contributed by atoms with E-state index in [1.165, 1.54) is 103 Å². The Morgan fingerprint density at radius 3 is 2.29 bits per heavy atom. The summed E-state index contributed by atoms with van der Waals surface area (Å²) in [6.45, 7) is 16.8. The maximum atomic E-state index is 12.7. The maximum Gasteiger partial charge on any atom is 0.220 e. The molecule has 4 aliphatic carbocycles. The zero-order chi connectivity index (χ0) is 27.2. The predicted octanol–water partition coefficient (Wildman–Crippen LogP) is 8.86. The van der Waals surface area contributed by atoms with Crippen LogP contribution in [-0.4, -0.2) is 37.0 Å². The number of nitrogens with one attached hydrogen (secondary N) is 1. The summed E-state index contributed by atoms with van der Waals surface area (Å²) in [6.07, 6.45) is 22.8. The summed E-state index contributed by atoms with van der Waals surface area (Å²) < 4.78 is 0. The van der Waals surface area contributed by atoms with E-state index < -0.39 is 0 Å². The first-order chi connectivity index (χ1) is 18.3. The Labute approximate surface area is 237 Å². The molecule has 0 bridgehead atoms. The summed E-state index contributed by atoms with van der Waals surface area (Å²) in [6, 6.07) is 0. The molecule has 4 fully saturated rings. The molecule has 4 aliphatic rings. The van der Waals surface area contributed by atoms with E-state index in [4.69, 9.17) is 0 Å². The standard InChI is InChI=1S/C35H64N2O/c1-6-8-24-37(25-9-7-2)26-12-23-36-33(38)19-14-27(3)30-17-18-31-29-16-15-28-13-10-11-21-34(28,4)32(29)20-22-35(30,31)5/h27-32H,6-26H2,1-5H3,(H,36,38)/t27-,28?,29+,30-,31+,32+,34+,35-/m1/s1. The van der Waals surface area contributed by atoms with E-state index >= 15 is 0 Å². The van der Waals surface area contributed by atoms with Gasteiger partial charge >= 0.3 is 0 Å². The van der Waals surface area contributed by atoms with E-state index in [1.807, 2.05) is 0 Å². The third-order valence-electron chi connectivity index (χ3n) is 12.8. The highest BCUT2D eigenvalue weighted by Gasteiger charge is 2.60. The highest BCUT2D eigenvalue weighted by Crippen LogP contribution is 2.68. The van der Waals surface area contributed by atoms with Gasteiger partial charge in [-0.3, -0.25) is 4.79 Å². The predicted molar refractivity (Wildman–Crippen MR) is 162 cm³/mol. The molecule has 4 rings (SSSR count). The molecule has 0 heterocycles. The lowest BCUT2D eigenvalue weighted by molar-refractivity contribution is -0.122. The lowest BCUT2D eigenvalue weighted by Crippen LogP contribution is -2.53. The van der Waals surface area contributed by atoms with E-state index in [0.717, 1.165) is 61.9 Å². The minimum atomic E-state index is 0.289. The summed E-state index contributed by atoms with van der Waals surface area (Å²) in [5.41, 5.74) is 1.17. The highest BCUT2D eigenvalue weighted by atomic mass is 16.1. The third-order valence-corrected chi connectivity index (χ3v) is 12.8. The van der Waals surface area contributed by atoms with Gasteiger partial charge in [0.15, 0.2) is 0 Å². The van der Waals surface area contributed by atoms with Gasteiger partial charge in [0.1, 0.15) is 0 Å². The fraction of sp³-hybridized carbons (Fsp3) is 0.971. The van der Waals surface area contributed by atoms with Crippen LogP contribution in [0.15, 0.2) is 0 Å². The fourth-order valence-electron chi connectivity index (χ4n) is 10.5. The topological polar surface area (TPSA) is 32.3 Å². The van der Waals surface area contributed by atoms with Crippen LogP contribution in [0.3, 0.4) is 0 Å². The molecule has 1 unspecified atom stereocenters. The second-order valence-electron chi connectivity index (χ2n) is 14.9. The number of fused-ring (bicyclic) bond motifs is 5. The van der Waals surface area contributed by atoms with Crippen molar-refractivity contribution in [2.75, 3.05) is 26.2 Å².